The van der Waals surface area contributed by atoms with Crippen LogP contribution in [-0.2, 0) is 11.2 Å². The van der Waals surface area contributed by atoms with Crippen molar-refractivity contribution in [3.8, 4) is 0 Å². The number of aliphatic hydroxyl groups is 1. The molecule has 2 heterocycles. The molecule has 0 saturated carbocycles. The maximum Gasteiger partial charge on any atom is 0.253 e. The van der Waals surface area contributed by atoms with Crippen molar-refractivity contribution in [2.24, 2.45) is 0 Å². The van der Waals surface area contributed by atoms with Gasteiger partial charge in [-0.15, -0.1) is 0 Å². The number of aryl methyl sites for hydroxylation is 1. The summed E-state index contributed by atoms with van der Waals surface area (Å²) in [6, 6.07) is 7.89. The summed E-state index contributed by atoms with van der Waals surface area (Å²) in [7, 11) is 0. The Morgan fingerprint density at radius 1 is 1.19 bits per heavy atom. The number of piperidine rings is 1. The van der Waals surface area contributed by atoms with Crippen LogP contribution in [0.25, 0.3) is 0 Å². The van der Waals surface area contributed by atoms with Gasteiger partial charge < -0.3 is 14.9 Å². The van der Waals surface area contributed by atoms with E-state index in [1.165, 1.54) is 0 Å². The smallest absolute Gasteiger partial charge is 0.253 e. The molecule has 26 heavy (non-hydrogen) atoms. The van der Waals surface area contributed by atoms with Crippen molar-refractivity contribution in [3.63, 3.8) is 0 Å². The Labute approximate surface area is 156 Å². The van der Waals surface area contributed by atoms with Crippen LogP contribution >= 0.6 is 0 Å². The molecule has 0 aliphatic carbocycles. The minimum absolute atomic E-state index is 0.0513. The molecular weight excluding hydrogens is 328 g/mol. The SMILES string of the molecule is CC(C)(O)CCc1ccc(C(=O)N2CCC[C@@H](N3CCCC3=O)C2)cc1. The van der Waals surface area contributed by atoms with Gasteiger partial charge in [0, 0.05) is 37.7 Å². The molecule has 142 valence electrons. The van der Waals surface area contributed by atoms with Gasteiger partial charge in [-0.3, -0.25) is 9.59 Å². The van der Waals surface area contributed by atoms with E-state index in [9.17, 15) is 14.7 Å². The lowest BCUT2D eigenvalue weighted by Crippen LogP contribution is -2.50. The highest BCUT2D eigenvalue weighted by Crippen LogP contribution is 2.23. The second-order valence-electron chi connectivity index (χ2n) is 8.25. The molecule has 5 heteroatoms. The zero-order valence-electron chi connectivity index (χ0n) is 15.9. The van der Waals surface area contributed by atoms with E-state index in [2.05, 4.69) is 0 Å². The zero-order chi connectivity index (χ0) is 18.7. The largest absolute Gasteiger partial charge is 0.390 e. The Morgan fingerprint density at radius 2 is 1.92 bits per heavy atom. The fourth-order valence-corrected chi connectivity index (χ4v) is 3.90. The van der Waals surface area contributed by atoms with Crippen LogP contribution in [0.5, 0.6) is 0 Å². The van der Waals surface area contributed by atoms with E-state index in [1.54, 1.807) is 0 Å². The zero-order valence-corrected chi connectivity index (χ0v) is 15.9. The van der Waals surface area contributed by atoms with Crippen molar-refractivity contribution in [2.75, 3.05) is 19.6 Å². The standard InChI is InChI=1S/C21H30N2O3/c1-21(2,26)12-11-16-7-9-17(10-8-16)20(25)22-13-3-5-18(15-22)23-14-4-6-19(23)24/h7-10,18,26H,3-6,11-15H2,1-2H3/t18-/m1/s1. The average molecular weight is 358 g/mol. The van der Waals surface area contributed by atoms with Crippen molar-refractivity contribution in [3.05, 3.63) is 35.4 Å². The van der Waals surface area contributed by atoms with Gasteiger partial charge in [-0.2, -0.15) is 0 Å². The molecule has 0 spiro atoms. The molecular formula is C21H30N2O3. The Hall–Kier alpha value is -1.88. The monoisotopic (exact) mass is 358 g/mol. The first-order valence-electron chi connectivity index (χ1n) is 9.73. The van der Waals surface area contributed by atoms with Crippen molar-refractivity contribution >= 4 is 11.8 Å². The lowest BCUT2D eigenvalue weighted by Gasteiger charge is -2.37. The second-order valence-corrected chi connectivity index (χ2v) is 8.25. The van der Waals surface area contributed by atoms with E-state index < -0.39 is 5.60 Å². The van der Waals surface area contributed by atoms with Crippen LogP contribution in [0, 0.1) is 0 Å². The van der Waals surface area contributed by atoms with E-state index in [4.69, 9.17) is 0 Å². The number of amides is 2. The molecule has 1 aromatic rings. The molecule has 1 atom stereocenters. The highest BCUT2D eigenvalue weighted by atomic mass is 16.3. The molecule has 2 aliphatic rings. The summed E-state index contributed by atoms with van der Waals surface area (Å²) in [6.07, 6.45) is 5.01. The molecule has 2 amide bonds. The van der Waals surface area contributed by atoms with Crippen LogP contribution < -0.4 is 0 Å². The van der Waals surface area contributed by atoms with E-state index in [0.717, 1.165) is 44.3 Å². The van der Waals surface area contributed by atoms with Crippen LogP contribution in [0.1, 0.15) is 61.9 Å². The van der Waals surface area contributed by atoms with E-state index in [1.807, 2.05) is 47.9 Å². The van der Waals surface area contributed by atoms with Crippen LogP contribution in [0.3, 0.4) is 0 Å². The van der Waals surface area contributed by atoms with Crippen molar-refractivity contribution in [2.45, 2.75) is 64.0 Å². The number of rotatable bonds is 5. The Morgan fingerprint density at radius 3 is 2.54 bits per heavy atom. The minimum Gasteiger partial charge on any atom is -0.390 e. The van der Waals surface area contributed by atoms with Crippen molar-refractivity contribution in [1.82, 2.24) is 9.80 Å². The Balaban J connectivity index is 1.60. The Kier molecular flexibility index (Phi) is 5.66. The van der Waals surface area contributed by atoms with Gasteiger partial charge in [0.1, 0.15) is 0 Å². The topological polar surface area (TPSA) is 60.9 Å². The number of hydrogen-bond acceptors (Lipinski definition) is 3. The third kappa shape index (κ3) is 4.64. The lowest BCUT2D eigenvalue weighted by atomic mass is 9.98. The maximum atomic E-state index is 12.9. The fraction of sp³-hybridized carbons (Fsp3) is 0.619. The molecule has 0 bridgehead atoms. The molecule has 5 nitrogen and oxygen atoms in total. The van der Waals surface area contributed by atoms with E-state index in [-0.39, 0.29) is 17.9 Å². The average Bonchev–Trinajstić information content (AvgIpc) is 3.05. The summed E-state index contributed by atoms with van der Waals surface area (Å²) in [5.41, 5.74) is 1.15. The van der Waals surface area contributed by atoms with E-state index >= 15 is 0 Å². The van der Waals surface area contributed by atoms with Crippen LogP contribution in [0.2, 0.25) is 0 Å². The van der Waals surface area contributed by atoms with Gasteiger partial charge in [0.2, 0.25) is 5.91 Å². The Bertz CT molecular complexity index is 648. The van der Waals surface area contributed by atoms with Crippen molar-refractivity contribution < 1.29 is 14.7 Å². The first kappa shape index (κ1) is 18.9. The third-order valence-electron chi connectivity index (χ3n) is 5.46. The van der Waals surface area contributed by atoms with Gasteiger partial charge in [-0.1, -0.05) is 12.1 Å². The molecule has 2 fully saturated rings. The van der Waals surface area contributed by atoms with Crippen molar-refractivity contribution in [1.29, 1.82) is 0 Å². The van der Waals surface area contributed by atoms with Gasteiger partial charge >= 0.3 is 0 Å². The van der Waals surface area contributed by atoms with Gasteiger partial charge in [0.05, 0.1) is 5.60 Å². The van der Waals surface area contributed by atoms with Gasteiger partial charge in [0.25, 0.3) is 5.91 Å². The highest BCUT2D eigenvalue weighted by Gasteiger charge is 2.33. The summed E-state index contributed by atoms with van der Waals surface area (Å²) in [5, 5.41) is 9.84. The molecule has 0 radical (unpaired) electrons. The molecule has 2 saturated heterocycles. The van der Waals surface area contributed by atoms with Gasteiger partial charge in [0.15, 0.2) is 0 Å². The van der Waals surface area contributed by atoms with Crippen LogP contribution in [-0.4, -0.2) is 58.0 Å². The number of benzene rings is 1. The second kappa shape index (κ2) is 7.78. The minimum atomic E-state index is -0.676. The maximum absolute atomic E-state index is 12.9. The molecule has 3 rings (SSSR count). The lowest BCUT2D eigenvalue weighted by molar-refractivity contribution is -0.130. The molecule has 1 aromatic carbocycles. The summed E-state index contributed by atoms with van der Waals surface area (Å²) < 4.78 is 0. The number of nitrogens with zero attached hydrogens (tertiary/aromatic N) is 2. The predicted molar refractivity (Wildman–Crippen MR) is 101 cm³/mol. The molecule has 2 aliphatic heterocycles. The molecule has 0 unspecified atom stereocenters. The normalized spacial score (nSPS) is 21.3. The van der Waals surface area contributed by atoms with Gasteiger partial charge in [-0.25, -0.2) is 0 Å². The van der Waals surface area contributed by atoms with Crippen LogP contribution in [0.4, 0.5) is 0 Å². The number of carbonyl (C=O) groups is 2. The third-order valence-corrected chi connectivity index (χ3v) is 5.46. The number of carbonyl (C=O) groups excluding carboxylic acids is 2. The van der Waals surface area contributed by atoms with E-state index in [0.29, 0.717) is 24.9 Å². The summed E-state index contributed by atoms with van der Waals surface area (Å²) in [6.45, 7) is 5.86. The number of hydrogen-bond donors (Lipinski definition) is 1. The first-order valence-corrected chi connectivity index (χ1v) is 9.73. The summed E-state index contributed by atoms with van der Waals surface area (Å²) in [4.78, 5) is 28.7. The summed E-state index contributed by atoms with van der Waals surface area (Å²) >= 11 is 0. The first-order chi connectivity index (χ1) is 12.3. The number of likely N-dealkylation sites (tertiary alicyclic amines) is 2. The molecule has 1 N–H and O–H groups in total. The predicted octanol–water partition coefficient (Wildman–Crippen LogP) is 2.62. The summed E-state index contributed by atoms with van der Waals surface area (Å²) in [5.74, 6) is 0.288. The molecule has 0 aromatic heterocycles. The van der Waals surface area contributed by atoms with Crippen LogP contribution in [0.15, 0.2) is 24.3 Å². The quantitative estimate of drug-likeness (QED) is 0.880. The highest BCUT2D eigenvalue weighted by molar-refractivity contribution is 5.94. The fourth-order valence-electron chi connectivity index (χ4n) is 3.90. The van der Waals surface area contributed by atoms with Gasteiger partial charge in [-0.05, 0) is 63.6 Å².